The largest absolute Gasteiger partial charge is 0.396 e. The summed E-state index contributed by atoms with van der Waals surface area (Å²) in [5.41, 5.74) is 7.19. The van der Waals surface area contributed by atoms with Crippen LogP contribution in [0.15, 0.2) is 41.7 Å². The lowest BCUT2D eigenvalue weighted by Crippen LogP contribution is -2.03. The molecular weight excluding hydrogens is 248 g/mol. The van der Waals surface area contributed by atoms with Crippen LogP contribution in [-0.2, 0) is 16.6 Å². The first-order chi connectivity index (χ1) is 8.70. The van der Waals surface area contributed by atoms with Crippen molar-refractivity contribution >= 4 is 16.5 Å². The van der Waals surface area contributed by atoms with Crippen molar-refractivity contribution < 1.29 is 4.21 Å². The van der Waals surface area contributed by atoms with Crippen molar-refractivity contribution in [1.82, 2.24) is 9.97 Å². The van der Waals surface area contributed by atoms with E-state index in [2.05, 4.69) is 9.97 Å². The quantitative estimate of drug-likeness (QED) is 0.894. The van der Waals surface area contributed by atoms with E-state index in [1.807, 2.05) is 6.07 Å². The van der Waals surface area contributed by atoms with E-state index in [-0.39, 0.29) is 5.75 Å². The molecule has 6 heteroatoms. The van der Waals surface area contributed by atoms with Crippen molar-refractivity contribution in [1.29, 1.82) is 5.26 Å². The number of nitrogen functional groups attached to an aromatic ring is 1. The third kappa shape index (κ3) is 2.70. The molecule has 0 aliphatic rings. The van der Waals surface area contributed by atoms with Crippen LogP contribution in [0.3, 0.4) is 0 Å². The predicted molar refractivity (Wildman–Crippen MR) is 67.7 cm³/mol. The van der Waals surface area contributed by atoms with Crippen molar-refractivity contribution in [3.05, 3.63) is 47.9 Å². The van der Waals surface area contributed by atoms with Crippen LogP contribution in [0, 0.1) is 11.3 Å². The third-order valence-electron chi connectivity index (χ3n) is 2.25. The Bertz CT molecular complexity index is 636. The first-order valence-corrected chi connectivity index (χ1v) is 6.46. The maximum Gasteiger partial charge on any atom is 0.150 e. The van der Waals surface area contributed by atoms with Gasteiger partial charge >= 0.3 is 0 Å². The molecule has 0 radical (unpaired) electrons. The molecule has 0 aliphatic carbocycles. The number of hydrogen-bond acceptors (Lipinski definition) is 5. The highest BCUT2D eigenvalue weighted by Crippen LogP contribution is 2.16. The van der Waals surface area contributed by atoms with Crippen LogP contribution in [0.5, 0.6) is 0 Å². The van der Waals surface area contributed by atoms with Gasteiger partial charge in [0, 0.05) is 12.4 Å². The Kier molecular flexibility index (Phi) is 3.65. The maximum absolute atomic E-state index is 12.1. The highest BCUT2D eigenvalue weighted by Gasteiger charge is 2.10. The molecule has 0 saturated heterocycles. The summed E-state index contributed by atoms with van der Waals surface area (Å²) < 4.78 is 12.1. The summed E-state index contributed by atoms with van der Waals surface area (Å²) in [5.74, 6) is 0.262. The van der Waals surface area contributed by atoms with Crippen molar-refractivity contribution in [3.8, 4) is 6.07 Å². The third-order valence-corrected chi connectivity index (χ3v) is 3.62. The zero-order valence-electron chi connectivity index (χ0n) is 9.41. The van der Waals surface area contributed by atoms with E-state index in [4.69, 9.17) is 11.0 Å². The molecule has 0 aliphatic heterocycles. The van der Waals surface area contributed by atoms with Crippen LogP contribution in [-0.4, -0.2) is 14.2 Å². The average Bonchev–Trinajstić information content (AvgIpc) is 2.39. The van der Waals surface area contributed by atoms with E-state index in [0.29, 0.717) is 16.4 Å². The number of nitriles is 1. The average molecular weight is 258 g/mol. The first-order valence-electron chi connectivity index (χ1n) is 5.14. The summed E-state index contributed by atoms with van der Waals surface area (Å²) in [4.78, 5) is 7.87. The first kappa shape index (κ1) is 12.2. The van der Waals surface area contributed by atoms with Gasteiger partial charge in [-0.1, -0.05) is 0 Å². The van der Waals surface area contributed by atoms with Gasteiger partial charge in [0.1, 0.15) is 16.8 Å². The minimum absolute atomic E-state index is 0.262. The fourth-order valence-electron chi connectivity index (χ4n) is 1.44. The summed E-state index contributed by atoms with van der Waals surface area (Å²) in [6.45, 7) is 0. The van der Waals surface area contributed by atoms with E-state index in [9.17, 15) is 4.21 Å². The molecule has 90 valence electrons. The van der Waals surface area contributed by atoms with Crippen LogP contribution in [0.4, 0.5) is 5.69 Å². The zero-order chi connectivity index (χ0) is 13.0. The van der Waals surface area contributed by atoms with Crippen LogP contribution >= 0.6 is 0 Å². The molecule has 18 heavy (non-hydrogen) atoms. The second-order valence-electron chi connectivity index (χ2n) is 3.55. The second kappa shape index (κ2) is 5.38. The normalized spacial score (nSPS) is 11.7. The number of nitrogens with two attached hydrogens (primary N) is 1. The molecule has 0 saturated carbocycles. The van der Waals surface area contributed by atoms with Crippen LogP contribution in [0.25, 0.3) is 0 Å². The number of hydrogen-bond donors (Lipinski definition) is 1. The molecule has 2 heterocycles. The molecule has 0 bridgehead atoms. The van der Waals surface area contributed by atoms with Crippen LogP contribution in [0.2, 0.25) is 0 Å². The topological polar surface area (TPSA) is 92.7 Å². The Morgan fingerprint density at radius 2 is 2.17 bits per heavy atom. The number of anilines is 1. The molecule has 5 nitrogen and oxygen atoms in total. The number of aromatic nitrogens is 2. The van der Waals surface area contributed by atoms with Crippen molar-refractivity contribution in [3.63, 3.8) is 0 Å². The summed E-state index contributed by atoms with van der Waals surface area (Å²) in [6, 6.07) is 8.62. The van der Waals surface area contributed by atoms with E-state index >= 15 is 0 Å². The number of rotatable bonds is 3. The summed E-state index contributed by atoms with van der Waals surface area (Å²) in [6.07, 6.45) is 3.07. The Hall–Kier alpha value is -2.26. The number of nitrogens with zero attached hydrogens (tertiary/aromatic N) is 3. The van der Waals surface area contributed by atoms with Gasteiger partial charge in [-0.25, -0.2) is 9.97 Å². The van der Waals surface area contributed by atoms with Crippen molar-refractivity contribution in [2.24, 2.45) is 0 Å². The van der Waals surface area contributed by atoms with Gasteiger partial charge in [-0.15, -0.1) is 0 Å². The fraction of sp³-hybridized carbons (Fsp3) is 0.0833. The lowest BCUT2D eigenvalue weighted by molar-refractivity contribution is 0.680. The lowest BCUT2D eigenvalue weighted by atomic mass is 10.2. The van der Waals surface area contributed by atoms with E-state index in [1.165, 1.54) is 6.20 Å². The molecule has 2 N–H and O–H groups in total. The summed E-state index contributed by atoms with van der Waals surface area (Å²) in [7, 11) is -1.33. The molecule has 0 aromatic carbocycles. The van der Waals surface area contributed by atoms with Crippen LogP contribution in [0.1, 0.15) is 11.3 Å². The van der Waals surface area contributed by atoms with Gasteiger partial charge in [-0.2, -0.15) is 5.26 Å². The Morgan fingerprint density at radius 3 is 2.89 bits per heavy atom. The minimum Gasteiger partial charge on any atom is -0.396 e. The van der Waals surface area contributed by atoms with Crippen molar-refractivity contribution in [2.75, 3.05) is 5.73 Å². The Balaban J connectivity index is 2.22. The predicted octanol–water partition coefficient (Wildman–Crippen LogP) is 1.24. The van der Waals surface area contributed by atoms with Crippen LogP contribution < -0.4 is 5.73 Å². The summed E-state index contributed by atoms with van der Waals surface area (Å²) >= 11 is 0. The van der Waals surface area contributed by atoms with Gasteiger partial charge in [0.25, 0.3) is 0 Å². The second-order valence-corrected chi connectivity index (χ2v) is 4.92. The number of pyridine rings is 2. The summed E-state index contributed by atoms with van der Waals surface area (Å²) in [5, 5.41) is 9.10. The monoisotopic (exact) mass is 258 g/mol. The lowest BCUT2D eigenvalue weighted by Gasteiger charge is -2.04. The van der Waals surface area contributed by atoms with E-state index in [0.717, 1.165) is 5.56 Å². The Labute approximate surface area is 107 Å². The smallest absolute Gasteiger partial charge is 0.150 e. The SMILES string of the molecule is N#Cc1cc(CS(=O)c2ncccc2N)ccn1. The van der Waals surface area contributed by atoms with E-state index in [1.54, 1.807) is 30.5 Å². The molecule has 1 unspecified atom stereocenters. The van der Waals surface area contributed by atoms with Gasteiger partial charge < -0.3 is 5.73 Å². The van der Waals surface area contributed by atoms with E-state index < -0.39 is 10.8 Å². The van der Waals surface area contributed by atoms with Gasteiger partial charge in [0.05, 0.1) is 22.2 Å². The molecule has 2 aromatic rings. The zero-order valence-corrected chi connectivity index (χ0v) is 10.2. The molecule has 0 amide bonds. The molecule has 0 spiro atoms. The Morgan fingerprint density at radius 1 is 1.33 bits per heavy atom. The highest BCUT2D eigenvalue weighted by atomic mass is 32.2. The molecule has 2 rings (SSSR count). The maximum atomic E-state index is 12.1. The van der Waals surface area contributed by atoms with Crippen molar-refractivity contribution in [2.45, 2.75) is 10.8 Å². The molecule has 1 atom stereocenters. The minimum atomic E-state index is -1.33. The molecule has 0 fully saturated rings. The molecular formula is C12H10N4OS. The van der Waals surface area contributed by atoms with Gasteiger partial charge in [0.15, 0.2) is 0 Å². The van der Waals surface area contributed by atoms with Gasteiger partial charge in [-0.3, -0.25) is 4.21 Å². The van der Waals surface area contributed by atoms with Gasteiger partial charge in [0.2, 0.25) is 0 Å². The van der Waals surface area contributed by atoms with Gasteiger partial charge in [-0.05, 0) is 29.8 Å². The standard InChI is InChI=1S/C12H10N4OS/c13-7-10-6-9(3-5-15-10)8-18(17)12-11(14)2-1-4-16-12/h1-6H,8,14H2. The molecule has 2 aromatic heterocycles. The highest BCUT2D eigenvalue weighted by molar-refractivity contribution is 7.84. The fourth-order valence-corrected chi connectivity index (χ4v) is 2.57.